The van der Waals surface area contributed by atoms with E-state index in [-0.39, 0.29) is 30.2 Å². The molecule has 1 aromatic rings. The van der Waals surface area contributed by atoms with Gasteiger partial charge in [-0.05, 0) is 31.0 Å². The van der Waals surface area contributed by atoms with Gasteiger partial charge < -0.3 is 5.32 Å². The lowest BCUT2D eigenvalue weighted by Crippen LogP contribution is -2.38. The van der Waals surface area contributed by atoms with Crippen molar-refractivity contribution >= 4 is 23.4 Å². The van der Waals surface area contributed by atoms with Crippen LogP contribution in [-0.4, -0.2) is 29.2 Å². The van der Waals surface area contributed by atoms with E-state index in [0.29, 0.717) is 24.1 Å². The summed E-state index contributed by atoms with van der Waals surface area (Å²) in [6.07, 6.45) is 4.92. The van der Waals surface area contributed by atoms with Gasteiger partial charge in [0.15, 0.2) is 0 Å². The highest BCUT2D eigenvalue weighted by Crippen LogP contribution is 2.34. The maximum atomic E-state index is 12.3. The van der Waals surface area contributed by atoms with Gasteiger partial charge in [0.2, 0.25) is 17.7 Å². The van der Waals surface area contributed by atoms with Gasteiger partial charge in [0.25, 0.3) is 0 Å². The van der Waals surface area contributed by atoms with Crippen molar-refractivity contribution < 1.29 is 14.4 Å². The summed E-state index contributed by atoms with van der Waals surface area (Å²) < 4.78 is 0. The minimum Gasteiger partial charge on any atom is -0.324 e. The van der Waals surface area contributed by atoms with Crippen LogP contribution in [0, 0.1) is 23.2 Å². The fourth-order valence-corrected chi connectivity index (χ4v) is 3.04. The zero-order valence-electron chi connectivity index (χ0n) is 12.4. The molecule has 0 unspecified atom stereocenters. The molecule has 2 atom stereocenters. The van der Waals surface area contributed by atoms with Crippen LogP contribution in [0.5, 0.6) is 0 Å². The number of carbonyl (C=O) groups excluding carboxylic acids is 3. The minimum absolute atomic E-state index is 0.273. The van der Waals surface area contributed by atoms with E-state index in [0.717, 1.165) is 4.90 Å². The van der Waals surface area contributed by atoms with E-state index in [4.69, 9.17) is 5.26 Å². The van der Waals surface area contributed by atoms with Crippen molar-refractivity contribution in [1.82, 2.24) is 4.90 Å². The molecule has 1 N–H and O–H groups in total. The monoisotopic (exact) mass is 309 g/mol. The quantitative estimate of drug-likeness (QED) is 0.676. The standard InChI is InChI=1S/C17H15N3O3/c18-9-11-4-3-5-12(8-11)19-15(21)10-20-16(22)13-6-1-2-7-14(13)17(20)23/h1-5,8,13-14H,6-7,10H2,(H,19,21)/t13-,14+. The molecule has 1 aliphatic heterocycles. The smallest absolute Gasteiger partial charge is 0.244 e. The first-order valence-electron chi connectivity index (χ1n) is 7.40. The lowest BCUT2D eigenvalue weighted by atomic mass is 9.85. The van der Waals surface area contributed by atoms with Crippen molar-refractivity contribution in [1.29, 1.82) is 5.26 Å². The summed E-state index contributed by atoms with van der Waals surface area (Å²) in [6, 6.07) is 8.45. The van der Waals surface area contributed by atoms with E-state index in [2.05, 4.69) is 5.32 Å². The predicted molar refractivity (Wildman–Crippen MR) is 81.9 cm³/mol. The van der Waals surface area contributed by atoms with E-state index in [1.807, 2.05) is 18.2 Å². The number of imide groups is 1. The third-order valence-corrected chi connectivity index (χ3v) is 4.18. The zero-order valence-corrected chi connectivity index (χ0v) is 12.4. The molecule has 1 fully saturated rings. The Hall–Kier alpha value is -2.94. The Morgan fingerprint density at radius 3 is 2.48 bits per heavy atom. The number of anilines is 1. The molecule has 0 bridgehead atoms. The minimum atomic E-state index is -0.451. The largest absolute Gasteiger partial charge is 0.324 e. The highest BCUT2D eigenvalue weighted by atomic mass is 16.2. The molecule has 6 heteroatoms. The number of nitriles is 1. The number of likely N-dealkylation sites (tertiary alicyclic amines) is 1. The Morgan fingerprint density at radius 1 is 1.22 bits per heavy atom. The molecule has 0 spiro atoms. The molecule has 1 saturated heterocycles. The Bertz CT molecular complexity index is 722. The number of fused-ring (bicyclic) bond motifs is 1. The fourth-order valence-electron chi connectivity index (χ4n) is 3.04. The summed E-state index contributed by atoms with van der Waals surface area (Å²) in [5, 5.41) is 11.5. The summed E-state index contributed by atoms with van der Waals surface area (Å²) in [5.41, 5.74) is 0.889. The Kier molecular flexibility index (Phi) is 3.94. The first kappa shape index (κ1) is 15.0. The van der Waals surface area contributed by atoms with E-state index < -0.39 is 5.91 Å². The lowest BCUT2D eigenvalue weighted by molar-refractivity contribution is -0.142. The van der Waals surface area contributed by atoms with Crippen molar-refractivity contribution in [3.05, 3.63) is 42.0 Å². The fraction of sp³-hybridized carbons (Fsp3) is 0.294. The van der Waals surface area contributed by atoms with Gasteiger partial charge >= 0.3 is 0 Å². The molecule has 1 aliphatic carbocycles. The topological polar surface area (TPSA) is 90.3 Å². The maximum Gasteiger partial charge on any atom is 0.244 e. The lowest BCUT2D eigenvalue weighted by Gasteiger charge is -2.14. The SMILES string of the molecule is N#Cc1cccc(NC(=O)CN2C(=O)[C@H]3CC=CC[C@H]3C2=O)c1. The second-order valence-corrected chi connectivity index (χ2v) is 5.66. The highest BCUT2D eigenvalue weighted by molar-refractivity contribution is 6.08. The van der Waals surface area contributed by atoms with Crippen LogP contribution in [0.3, 0.4) is 0 Å². The Balaban J connectivity index is 1.67. The average molecular weight is 309 g/mol. The Morgan fingerprint density at radius 2 is 1.87 bits per heavy atom. The summed E-state index contributed by atoms with van der Waals surface area (Å²) in [4.78, 5) is 37.7. The molecular weight excluding hydrogens is 294 g/mol. The van der Waals surface area contributed by atoms with Gasteiger partial charge in [-0.2, -0.15) is 5.26 Å². The van der Waals surface area contributed by atoms with Gasteiger partial charge in [0, 0.05) is 5.69 Å². The molecule has 23 heavy (non-hydrogen) atoms. The van der Waals surface area contributed by atoms with Crippen molar-refractivity contribution in [2.75, 3.05) is 11.9 Å². The summed E-state index contributed by atoms with van der Waals surface area (Å²) in [7, 11) is 0. The second kappa shape index (κ2) is 6.05. The highest BCUT2D eigenvalue weighted by Gasteiger charge is 2.47. The van der Waals surface area contributed by atoms with Crippen molar-refractivity contribution in [2.24, 2.45) is 11.8 Å². The molecule has 1 heterocycles. The van der Waals surface area contributed by atoms with Crippen LogP contribution in [0.15, 0.2) is 36.4 Å². The number of benzene rings is 1. The molecule has 3 rings (SSSR count). The van der Waals surface area contributed by atoms with Gasteiger partial charge in [0.05, 0.1) is 23.5 Å². The third-order valence-electron chi connectivity index (χ3n) is 4.18. The number of nitrogens with zero attached hydrogens (tertiary/aromatic N) is 2. The summed E-state index contributed by atoms with van der Waals surface area (Å²) in [6.45, 7) is -0.290. The number of nitrogens with one attached hydrogen (secondary N) is 1. The number of hydrogen-bond acceptors (Lipinski definition) is 4. The van der Waals surface area contributed by atoms with Crippen LogP contribution in [-0.2, 0) is 14.4 Å². The van der Waals surface area contributed by atoms with Crippen LogP contribution >= 0.6 is 0 Å². The Labute approximate surface area is 133 Å². The van der Waals surface area contributed by atoms with Crippen molar-refractivity contribution in [3.63, 3.8) is 0 Å². The van der Waals surface area contributed by atoms with Crippen LogP contribution in [0.25, 0.3) is 0 Å². The number of rotatable bonds is 3. The molecule has 6 nitrogen and oxygen atoms in total. The summed E-state index contributed by atoms with van der Waals surface area (Å²) >= 11 is 0. The van der Waals surface area contributed by atoms with E-state index >= 15 is 0 Å². The molecule has 0 aromatic heterocycles. The van der Waals surface area contributed by atoms with Crippen molar-refractivity contribution in [2.45, 2.75) is 12.8 Å². The first-order chi connectivity index (χ1) is 11.1. The maximum absolute atomic E-state index is 12.3. The first-order valence-corrected chi connectivity index (χ1v) is 7.40. The van der Waals surface area contributed by atoms with Gasteiger partial charge in [-0.1, -0.05) is 18.2 Å². The van der Waals surface area contributed by atoms with Gasteiger partial charge in [-0.25, -0.2) is 0 Å². The van der Waals surface area contributed by atoms with Gasteiger partial charge in [-0.15, -0.1) is 0 Å². The molecule has 3 amide bonds. The van der Waals surface area contributed by atoms with E-state index in [1.54, 1.807) is 18.2 Å². The second-order valence-electron chi connectivity index (χ2n) is 5.66. The molecule has 116 valence electrons. The zero-order chi connectivity index (χ0) is 16.4. The van der Waals surface area contributed by atoms with E-state index in [9.17, 15) is 14.4 Å². The number of allylic oxidation sites excluding steroid dienone is 2. The molecule has 0 saturated carbocycles. The van der Waals surface area contributed by atoms with Gasteiger partial charge in [-0.3, -0.25) is 19.3 Å². The molecule has 0 radical (unpaired) electrons. The normalized spacial score (nSPS) is 22.7. The van der Waals surface area contributed by atoms with Crippen LogP contribution in [0.1, 0.15) is 18.4 Å². The number of amides is 3. The number of hydrogen-bond donors (Lipinski definition) is 1. The molecule has 1 aromatic carbocycles. The molecule has 2 aliphatic rings. The van der Waals surface area contributed by atoms with E-state index in [1.165, 1.54) is 6.07 Å². The average Bonchev–Trinajstić information content (AvgIpc) is 2.80. The van der Waals surface area contributed by atoms with Crippen LogP contribution in [0.4, 0.5) is 5.69 Å². The van der Waals surface area contributed by atoms with Crippen molar-refractivity contribution in [3.8, 4) is 6.07 Å². The van der Waals surface area contributed by atoms with Crippen LogP contribution in [0.2, 0.25) is 0 Å². The van der Waals surface area contributed by atoms with Crippen LogP contribution < -0.4 is 5.32 Å². The predicted octanol–water partition coefficient (Wildman–Crippen LogP) is 1.45. The van der Waals surface area contributed by atoms with Gasteiger partial charge in [0.1, 0.15) is 6.54 Å². The molecular formula is C17H15N3O3. The third kappa shape index (κ3) is 2.86. The summed E-state index contributed by atoms with van der Waals surface area (Å²) in [5.74, 6) is -1.66. The number of carbonyl (C=O) groups is 3.